The summed E-state index contributed by atoms with van der Waals surface area (Å²) in [6.45, 7) is 0. The zero-order valence-corrected chi connectivity index (χ0v) is 11.3. The van der Waals surface area contributed by atoms with E-state index in [1.165, 1.54) is 6.20 Å². The zero-order valence-electron chi connectivity index (χ0n) is 10.5. The molecule has 100 valence electrons. The summed E-state index contributed by atoms with van der Waals surface area (Å²) in [7, 11) is -3.62. The first kappa shape index (κ1) is 12.6. The molecule has 0 saturated carbocycles. The summed E-state index contributed by atoms with van der Waals surface area (Å²) < 4.78 is 27.1. The van der Waals surface area contributed by atoms with Crippen molar-refractivity contribution in [1.29, 1.82) is 0 Å². The molecular weight excluding hydrogens is 272 g/mol. The molecule has 1 N–H and O–H groups in total. The molecule has 1 heterocycles. The van der Waals surface area contributed by atoms with Crippen LogP contribution in [0.1, 0.15) is 0 Å². The maximum absolute atomic E-state index is 12.3. The SMILES string of the molecule is O=S(=O)(Nc1ccccc1)c1cnc2ccccc2c1. The number of hydrogen-bond acceptors (Lipinski definition) is 3. The molecule has 0 unspecified atom stereocenters. The van der Waals surface area contributed by atoms with Gasteiger partial charge in [-0.15, -0.1) is 0 Å². The van der Waals surface area contributed by atoms with Gasteiger partial charge in [-0.2, -0.15) is 0 Å². The molecule has 1 aromatic heterocycles. The molecule has 0 amide bonds. The standard InChI is InChI=1S/C15H12N2O2S/c18-20(19,17-13-7-2-1-3-8-13)14-10-12-6-4-5-9-15(12)16-11-14/h1-11,17H. The number of pyridine rings is 1. The van der Waals surface area contributed by atoms with Gasteiger partial charge in [0.05, 0.1) is 5.52 Å². The quantitative estimate of drug-likeness (QED) is 0.804. The summed E-state index contributed by atoms with van der Waals surface area (Å²) in [4.78, 5) is 4.32. The maximum atomic E-state index is 12.3. The first-order valence-electron chi connectivity index (χ1n) is 6.08. The summed E-state index contributed by atoms with van der Waals surface area (Å²) >= 11 is 0. The van der Waals surface area contributed by atoms with Gasteiger partial charge in [0.1, 0.15) is 4.90 Å². The lowest BCUT2D eigenvalue weighted by atomic mass is 10.2. The maximum Gasteiger partial charge on any atom is 0.263 e. The molecule has 4 nitrogen and oxygen atoms in total. The highest BCUT2D eigenvalue weighted by atomic mass is 32.2. The minimum absolute atomic E-state index is 0.153. The molecule has 0 fully saturated rings. The summed E-state index contributed by atoms with van der Waals surface area (Å²) in [5, 5.41) is 0.795. The number of fused-ring (bicyclic) bond motifs is 1. The first-order valence-corrected chi connectivity index (χ1v) is 7.56. The zero-order chi connectivity index (χ0) is 14.0. The fourth-order valence-corrected chi connectivity index (χ4v) is 2.96. The van der Waals surface area contributed by atoms with E-state index in [2.05, 4.69) is 9.71 Å². The molecule has 20 heavy (non-hydrogen) atoms. The normalized spacial score (nSPS) is 11.4. The first-order chi connectivity index (χ1) is 9.65. The van der Waals surface area contributed by atoms with Crippen molar-refractivity contribution in [1.82, 2.24) is 4.98 Å². The number of anilines is 1. The van der Waals surface area contributed by atoms with Gasteiger partial charge in [0, 0.05) is 17.3 Å². The Balaban J connectivity index is 2.01. The number of aromatic nitrogens is 1. The Morgan fingerprint density at radius 2 is 1.60 bits per heavy atom. The highest BCUT2D eigenvalue weighted by Gasteiger charge is 2.15. The summed E-state index contributed by atoms with van der Waals surface area (Å²) in [6.07, 6.45) is 1.37. The van der Waals surface area contributed by atoms with Gasteiger partial charge in [-0.1, -0.05) is 36.4 Å². The average molecular weight is 284 g/mol. The van der Waals surface area contributed by atoms with Crippen LogP contribution in [0.15, 0.2) is 71.8 Å². The summed E-state index contributed by atoms with van der Waals surface area (Å²) in [6, 6.07) is 17.8. The number of para-hydroxylation sites is 2. The highest BCUT2D eigenvalue weighted by molar-refractivity contribution is 7.92. The molecule has 0 radical (unpaired) electrons. The van der Waals surface area contributed by atoms with Gasteiger partial charge in [-0.3, -0.25) is 9.71 Å². The van der Waals surface area contributed by atoms with Gasteiger partial charge in [-0.25, -0.2) is 8.42 Å². The van der Waals surface area contributed by atoms with Gasteiger partial charge in [0.25, 0.3) is 10.0 Å². The second-order valence-electron chi connectivity index (χ2n) is 4.34. The Kier molecular flexibility index (Phi) is 3.12. The Labute approximate surface area is 117 Å². The monoisotopic (exact) mass is 284 g/mol. The van der Waals surface area contributed by atoms with Crippen LogP contribution < -0.4 is 4.72 Å². The van der Waals surface area contributed by atoms with Crippen LogP contribution in [0, 0.1) is 0 Å². The average Bonchev–Trinajstić information content (AvgIpc) is 2.47. The number of nitrogens with zero attached hydrogens (tertiary/aromatic N) is 1. The van der Waals surface area contributed by atoms with Crippen LogP contribution in [-0.4, -0.2) is 13.4 Å². The van der Waals surface area contributed by atoms with Gasteiger partial charge < -0.3 is 0 Å². The largest absolute Gasteiger partial charge is 0.280 e. The van der Waals surface area contributed by atoms with E-state index < -0.39 is 10.0 Å². The summed E-state index contributed by atoms with van der Waals surface area (Å²) in [5.74, 6) is 0. The van der Waals surface area contributed by atoms with Crippen molar-refractivity contribution in [3.63, 3.8) is 0 Å². The molecule has 3 aromatic rings. The molecule has 3 rings (SSSR count). The van der Waals surface area contributed by atoms with Crippen molar-refractivity contribution in [2.24, 2.45) is 0 Å². The van der Waals surface area contributed by atoms with Crippen molar-refractivity contribution in [2.75, 3.05) is 4.72 Å². The Hall–Kier alpha value is -2.40. The molecule has 0 spiro atoms. The number of benzene rings is 2. The second-order valence-corrected chi connectivity index (χ2v) is 6.02. The predicted octanol–water partition coefficient (Wildman–Crippen LogP) is 3.04. The topological polar surface area (TPSA) is 59.1 Å². The van der Waals surface area contributed by atoms with Crippen molar-refractivity contribution >= 4 is 26.6 Å². The van der Waals surface area contributed by atoms with Crippen molar-refractivity contribution in [2.45, 2.75) is 4.90 Å². The molecule has 0 saturated heterocycles. The van der Waals surface area contributed by atoms with E-state index in [-0.39, 0.29) is 4.90 Å². The smallest absolute Gasteiger partial charge is 0.263 e. The number of sulfonamides is 1. The Morgan fingerprint density at radius 1 is 0.900 bits per heavy atom. The van der Waals surface area contributed by atoms with E-state index in [0.29, 0.717) is 5.69 Å². The lowest BCUT2D eigenvalue weighted by Crippen LogP contribution is -2.13. The molecule has 0 bridgehead atoms. The second kappa shape index (κ2) is 4.94. The van der Waals surface area contributed by atoms with Gasteiger partial charge in [-0.05, 0) is 24.3 Å². The highest BCUT2D eigenvalue weighted by Crippen LogP contribution is 2.19. The number of rotatable bonds is 3. The molecule has 0 aliphatic heterocycles. The third-order valence-corrected chi connectivity index (χ3v) is 4.25. The van der Waals surface area contributed by atoms with Gasteiger partial charge >= 0.3 is 0 Å². The van der Waals surface area contributed by atoms with Crippen LogP contribution in [0.3, 0.4) is 0 Å². The molecule has 5 heteroatoms. The van der Waals surface area contributed by atoms with E-state index in [4.69, 9.17) is 0 Å². The molecule has 0 aliphatic carbocycles. The van der Waals surface area contributed by atoms with Crippen molar-refractivity contribution in [3.8, 4) is 0 Å². The number of hydrogen-bond donors (Lipinski definition) is 1. The Morgan fingerprint density at radius 3 is 2.40 bits per heavy atom. The van der Waals surface area contributed by atoms with E-state index >= 15 is 0 Å². The lowest BCUT2D eigenvalue weighted by Gasteiger charge is -2.08. The Bertz CT molecular complexity index is 846. The van der Waals surface area contributed by atoms with Crippen molar-refractivity contribution < 1.29 is 8.42 Å². The number of nitrogens with one attached hydrogen (secondary N) is 1. The fourth-order valence-electron chi connectivity index (χ4n) is 1.92. The minimum Gasteiger partial charge on any atom is -0.280 e. The van der Waals surface area contributed by atoms with Crippen LogP contribution in [0.2, 0.25) is 0 Å². The van der Waals surface area contributed by atoms with E-state index in [1.807, 2.05) is 30.3 Å². The van der Waals surface area contributed by atoms with E-state index in [1.54, 1.807) is 30.3 Å². The van der Waals surface area contributed by atoms with Gasteiger partial charge in [0.15, 0.2) is 0 Å². The van der Waals surface area contributed by atoms with Crippen LogP contribution in [-0.2, 0) is 10.0 Å². The van der Waals surface area contributed by atoms with E-state index in [0.717, 1.165) is 10.9 Å². The molecule has 2 aromatic carbocycles. The van der Waals surface area contributed by atoms with Crippen LogP contribution >= 0.6 is 0 Å². The third kappa shape index (κ3) is 2.48. The molecular formula is C15H12N2O2S. The van der Waals surface area contributed by atoms with Crippen LogP contribution in [0.5, 0.6) is 0 Å². The minimum atomic E-state index is -3.62. The van der Waals surface area contributed by atoms with Crippen LogP contribution in [0.4, 0.5) is 5.69 Å². The molecule has 0 aliphatic rings. The predicted molar refractivity (Wildman–Crippen MR) is 79.0 cm³/mol. The fraction of sp³-hybridized carbons (Fsp3) is 0. The van der Waals surface area contributed by atoms with Crippen molar-refractivity contribution in [3.05, 3.63) is 66.9 Å². The summed E-state index contributed by atoms with van der Waals surface area (Å²) in [5.41, 5.74) is 1.30. The molecule has 0 atom stereocenters. The lowest BCUT2D eigenvalue weighted by molar-refractivity contribution is 0.601. The van der Waals surface area contributed by atoms with Crippen LogP contribution in [0.25, 0.3) is 10.9 Å². The van der Waals surface area contributed by atoms with Gasteiger partial charge in [0.2, 0.25) is 0 Å². The third-order valence-electron chi connectivity index (χ3n) is 2.90. The van der Waals surface area contributed by atoms with E-state index in [9.17, 15) is 8.42 Å².